The third kappa shape index (κ3) is 3.92. The van der Waals surface area contributed by atoms with Crippen molar-refractivity contribution in [2.75, 3.05) is 18.1 Å². The first-order valence-corrected chi connectivity index (χ1v) is 8.40. The number of aromatic nitrogens is 1. The molecule has 1 saturated heterocycles. The number of anilines is 1. The van der Waals surface area contributed by atoms with Crippen LogP contribution in [0.15, 0.2) is 54.9 Å². The molecule has 5 nitrogen and oxygen atoms in total. The van der Waals surface area contributed by atoms with Crippen molar-refractivity contribution < 1.29 is 9.90 Å². The maximum atomic E-state index is 12.7. The zero-order valence-corrected chi connectivity index (χ0v) is 13.6. The van der Waals surface area contributed by atoms with Crippen molar-refractivity contribution in [3.05, 3.63) is 60.4 Å². The molecule has 2 heterocycles. The minimum absolute atomic E-state index is 0.00976. The van der Waals surface area contributed by atoms with Crippen molar-refractivity contribution in [1.29, 1.82) is 0 Å². The second kappa shape index (κ2) is 7.93. The van der Waals surface area contributed by atoms with Gasteiger partial charge in [0, 0.05) is 24.6 Å². The largest absolute Gasteiger partial charge is 0.394 e. The molecule has 1 aromatic heterocycles. The number of nitrogens with one attached hydrogen (secondary N) is 1. The molecule has 2 N–H and O–H groups in total. The Morgan fingerprint density at radius 1 is 1.25 bits per heavy atom. The third-order valence-electron chi connectivity index (χ3n) is 4.44. The number of carbonyl (C=O) groups is 1. The number of aliphatic hydroxyl groups excluding tert-OH is 1. The number of rotatable bonds is 6. The second-order valence-corrected chi connectivity index (χ2v) is 6.13. The number of pyridine rings is 1. The number of nitrogens with zero attached hydrogens (tertiary/aromatic N) is 2. The molecule has 1 aliphatic rings. The highest BCUT2D eigenvalue weighted by Gasteiger charge is 2.31. The second-order valence-electron chi connectivity index (χ2n) is 6.13. The van der Waals surface area contributed by atoms with Crippen LogP contribution >= 0.6 is 0 Å². The molecule has 0 saturated carbocycles. The van der Waals surface area contributed by atoms with Gasteiger partial charge in [0.05, 0.1) is 12.6 Å². The number of para-hydroxylation sites is 1. The number of amides is 1. The highest BCUT2D eigenvalue weighted by molar-refractivity contribution is 5.86. The minimum atomic E-state index is -0.280. The van der Waals surface area contributed by atoms with E-state index in [0.29, 0.717) is 6.42 Å². The fourth-order valence-corrected chi connectivity index (χ4v) is 3.23. The monoisotopic (exact) mass is 325 g/mol. The first kappa shape index (κ1) is 16.5. The Labute approximate surface area is 142 Å². The molecule has 0 aliphatic carbocycles. The van der Waals surface area contributed by atoms with Crippen LogP contribution in [-0.2, 0) is 11.2 Å². The van der Waals surface area contributed by atoms with E-state index in [9.17, 15) is 9.90 Å². The summed E-state index contributed by atoms with van der Waals surface area (Å²) in [4.78, 5) is 18.9. The number of benzene rings is 1. The van der Waals surface area contributed by atoms with Gasteiger partial charge in [-0.1, -0.05) is 18.2 Å². The smallest absolute Gasteiger partial charge is 0.243 e. The lowest BCUT2D eigenvalue weighted by molar-refractivity contribution is -0.123. The van der Waals surface area contributed by atoms with Crippen LogP contribution < -0.4 is 10.2 Å². The first-order chi connectivity index (χ1) is 11.8. The van der Waals surface area contributed by atoms with E-state index in [1.807, 2.05) is 42.5 Å². The van der Waals surface area contributed by atoms with Crippen LogP contribution in [0.25, 0.3) is 0 Å². The van der Waals surface area contributed by atoms with Gasteiger partial charge in [-0.05, 0) is 49.1 Å². The summed E-state index contributed by atoms with van der Waals surface area (Å²) in [5.41, 5.74) is 2.13. The Hall–Kier alpha value is -2.40. The van der Waals surface area contributed by atoms with E-state index in [1.165, 1.54) is 0 Å². The van der Waals surface area contributed by atoms with E-state index in [1.54, 1.807) is 12.4 Å². The molecular formula is C19H23N3O2. The van der Waals surface area contributed by atoms with E-state index in [2.05, 4.69) is 15.2 Å². The fraction of sp³-hybridized carbons (Fsp3) is 0.368. The molecule has 0 spiro atoms. The van der Waals surface area contributed by atoms with Gasteiger partial charge >= 0.3 is 0 Å². The molecule has 24 heavy (non-hydrogen) atoms. The van der Waals surface area contributed by atoms with Crippen LogP contribution in [0.4, 0.5) is 5.69 Å². The minimum Gasteiger partial charge on any atom is -0.394 e. The molecule has 0 radical (unpaired) electrons. The Bertz CT molecular complexity index is 648. The number of carbonyl (C=O) groups excluding carboxylic acids is 1. The molecule has 2 atom stereocenters. The average molecular weight is 325 g/mol. The van der Waals surface area contributed by atoms with Crippen LogP contribution in [0.5, 0.6) is 0 Å². The third-order valence-corrected chi connectivity index (χ3v) is 4.44. The number of aliphatic hydroxyl groups is 1. The van der Waals surface area contributed by atoms with E-state index < -0.39 is 0 Å². The molecule has 1 aromatic carbocycles. The summed E-state index contributed by atoms with van der Waals surface area (Å²) in [6.07, 6.45) is 5.89. The molecule has 2 aromatic rings. The molecule has 3 rings (SSSR count). The van der Waals surface area contributed by atoms with Crippen molar-refractivity contribution >= 4 is 11.6 Å². The summed E-state index contributed by atoms with van der Waals surface area (Å²) in [6.45, 7) is 0.808. The zero-order chi connectivity index (χ0) is 16.8. The summed E-state index contributed by atoms with van der Waals surface area (Å²) >= 11 is 0. The van der Waals surface area contributed by atoms with Gasteiger partial charge in [-0.2, -0.15) is 0 Å². The predicted octanol–water partition coefficient (Wildman–Crippen LogP) is 1.77. The van der Waals surface area contributed by atoms with Gasteiger partial charge in [0.15, 0.2) is 0 Å². The van der Waals surface area contributed by atoms with Gasteiger partial charge in [0.25, 0.3) is 0 Å². The van der Waals surface area contributed by atoms with E-state index in [0.717, 1.165) is 30.6 Å². The topological polar surface area (TPSA) is 65.5 Å². The molecule has 5 heteroatoms. The van der Waals surface area contributed by atoms with Crippen molar-refractivity contribution in [3.8, 4) is 0 Å². The SMILES string of the molecule is O=C(N[C@@H](CO)Cc1ccncc1)[C@@H]1CCCN1c1ccccc1. The molecule has 1 amide bonds. The van der Waals surface area contributed by atoms with E-state index >= 15 is 0 Å². The van der Waals surface area contributed by atoms with Gasteiger partial charge in [-0.25, -0.2) is 0 Å². The van der Waals surface area contributed by atoms with Crippen molar-refractivity contribution in [2.24, 2.45) is 0 Å². The van der Waals surface area contributed by atoms with Crippen LogP contribution in [0.1, 0.15) is 18.4 Å². The van der Waals surface area contributed by atoms with Gasteiger partial charge < -0.3 is 15.3 Å². The Morgan fingerprint density at radius 2 is 2.00 bits per heavy atom. The molecule has 1 fully saturated rings. The van der Waals surface area contributed by atoms with Crippen LogP contribution in [0, 0.1) is 0 Å². The van der Waals surface area contributed by atoms with E-state index in [4.69, 9.17) is 0 Å². The summed E-state index contributed by atoms with van der Waals surface area (Å²) in [6, 6.07) is 13.4. The zero-order valence-electron chi connectivity index (χ0n) is 13.6. The van der Waals surface area contributed by atoms with Gasteiger partial charge in [-0.15, -0.1) is 0 Å². The quantitative estimate of drug-likeness (QED) is 0.849. The highest BCUT2D eigenvalue weighted by atomic mass is 16.3. The lowest BCUT2D eigenvalue weighted by Crippen LogP contribution is -2.48. The molecule has 126 valence electrons. The van der Waals surface area contributed by atoms with Gasteiger partial charge in [-0.3, -0.25) is 9.78 Å². The van der Waals surface area contributed by atoms with Crippen molar-refractivity contribution in [2.45, 2.75) is 31.3 Å². The van der Waals surface area contributed by atoms with Gasteiger partial charge in [0.1, 0.15) is 6.04 Å². The van der Waals surface area contributed by atoms with Crippen molar-refractivity contribution in [3.63, 3.8) is 0 Å². The average Bonchev–Trinajstić information content (AvgIpc) is 3.12. The molecule has 1 aliphatic heterocycles. The summed E-state index contributed by atoms with van der Waals surface area (Å²) < 4.78 is 0. The van der Waals surface area contributed by atoms with Crippen LogP contribution in [0.2, 0.25) is 0 Å². The van der Waals surface area contributed by atoms with E-state index in [-0.39, 0.29) is 24.6 Å². The fourth-order valence-electron chi connectivity index (χ4n) is 3.23. The summed E-state index contributed by atoms with van der Waals surface area (Å²) in [7, 11) is 0. The Balaban J connectivity index is 1.64. The van der Waals surface area contributed by atoms with Gasteiger partial charge in [0.2, 0.25) is 5.91 Å². The Kier molecular flexibility index (Phi) is 5.43. The number of hydrogen-bond donors (Lipinski definition) is 2. The van der Waals surface area contributed by atoms with Crippen molar-refractivity contribution in [1.82, 2.24) is 10.3 Å². The maximum absolute atomic E-state index is 12.7. The standard InChI is InChI=1S/C19H23N3O2/c23-14-16(13-15-8-10-20-11-9-15)21-19(24)18-7-4-12-22(18)17-5-2-1-3-6-17/h1-3,5-6,8-11,16,18,23H,4,7,12-14H2,(H,21,24)/t16-,18+/m1/s1. The van der Waals surface area contributed by atoms with Crippen LogP contribution in [0.3, 0.4) is 0 Å². The van der Waals surface area contributed by atoms with Crippen LogP contribution in [-0.4, -0.2) is 41.2 Å². The Morgan fingerprint density at radius 3 is 2.71 bits per heavy atom. The molecular weight excluding hydrogens is 302 g/mol. The summed E-state index contributed by atoms with van der Waals surface area (Å²) in [5.74, 6) is -0.00976. The lowest BCUT2D eigenvalue weighted by Gasteiger charge is -2.27. The lowest BCUT2D eigenvalue weighted by atomic mass is 10.1. The highest BCUT2D eigenvalue weighted by Crippen LogP contribution is 2.25. The summed E-state index contributed by atoms with van der Waals surface area (Å²) in [5, 5.41) is 12.6. The first-order valence-electron chi connectivity index (χ1n) is 8.40. The molecule has 0 unspecified atom stereocenters. The normalized spacial score (nSPS) is 18.4. The molecule has 0 bridgehead atoms. The number of hydrogen-bond acceptors (Lipinski definition) is 4. The maximum Gasteiger partial charge on any atom is 0.243 e. The predicted molar refractivity (Wildman–Crippen MR) is 93.8 cm³/mol.